The number of unbranched alkanes of at least 4 members (excludes halogenated alkanes) is 2. The zero-order chi connectivity index (χ0) is 37.5. The van der Waals surface area contributed by atoms with E-state index in [9.17, 15) is 0 Å². The van der Waals surface area contributed by atoms with Crippen molar-refractivity contribution >= 4 is 45.4 Å². The Kier molecular flexibility index (Phi) is 13.7. The van der Waals surface area contributed by atoms with E-state index < -0.39 is 0 Å². The Morgan fingerprint density at radius 1 is 0.547 bits per heavy atom. The van der Waals surface area contributed by atoms with Crippen molar-refractivity contribution in [3.05, 3.63) is 94.6 Å². The zero-order valence-corrected chi connectivity index (χ0v) is 34.7. The number of halogens is 2. The van der Waals surface area contributed by atoms with Gasteiger partial charge in [0.05, 0.1) is 11.7 Å². The minimum atomic E-state index is -0.157. The normalized spacial score (nSPS) is 12.9. The van der Waals surface area contributed by atoms with Gasteiger partial charge < -0.3 is 0 Å². The van der Waals surface area contributed by atoms with Crippen LogP contribution >= 0.6 is 34.4 Å². The van der Waals surface area contributed by atoms with Crippen molar-refractivity contribution in [1.29, 1.82) is 0 Å². The lowest BCUT2D eigenvalue weighted by atomic mass is 9.92. The van der Waals surface area contributed by atoms with Crippen molar-refractivity contribution in [3.8, 4) is 41.8 Å². The lowest BCUT2D eigenvalue weighted by Gasteiger charge is -2.14. The number of hydrogen-bond donors (Lipinski definition) is 0. The number of aromatic nitrogens is 2. The molecule has 2 unspecified atom stereocenters. The van der Waals surface area contributed by atoms with Crippen molar-refractivity contribution in [3.63, 3.8) is 0 Å². The Bertz CT molecular complexity index is 1970. The molecule has 53 heavy (non-hydrogen) atoms. The van der Waals surface area contributed by atoms with Crippen LogP contribution in [0.1, 0.15) is 114 Å². The molecule has 2 atom stereocenters. The highest BCUT2D eigenvalue weighted by molar-refractivity contribution is 7.19. The molecule has 0 amide bonds. The minimum Gasteiger partial charge on any atom is -0.206 e. The van der Waals surface area contributed by atoms with Gasteiger partial charge in [0.2, 0.25) is 0 Å². The van der Waals surface area contributed by atoms with E-state index in [0.717, 1.165) is 89.6 Å². The molecule has 0 fully saturated rings. The van der Waals surface area contributed by atoms with Crippen LogP contribution in [0, 0.1) is 37.3 Å². The summed E-state index contributed by atoms with van der Waals surface area (Å²) in [6, 6.07) is 20.0. The van der Waals surface area contributed by atoms with Crippen molar-refractivity contribution in [2.45, 2.75) is 119 Å². The quantitative estimate of drug-likeness (QED) is 0.0870. The van der Waals surface area contributed by atoms with Crippen LogP contribution in [0.15, 0.2) is 60.7 Å². The number of thiophene rings is 2. The topological polar surface area (TPSA) is 25.8 Å². The van der Waals surface area contributed by atoms with Crippen LogP contribution in [0.25, 0.3) is 52.8 Å². The number of nitrogens with zero attached hydrogens (tertiary/aromatic N) is 2. The molecule has 280 valence electrons. The van der Waals surface area contributed by atoms with Crippen LogP contribution in [0.5, 0.6) is 0 Å². The summed E-state index contributed by atoms with van der Waals surface area (Å²) in [5.74, 6) is 1.10. The molecule has 2 nitrogen and oxygen atoms in total. The second kappa shape index (κ2) is 18.4. The largest absolute Gasteiger partial charge is 0.206 e. The molecule has 0 aliphatic heterocycles. The van der Waals surface area contributed by atoms with Gasteiger partial charge in [-0.3, -0.25) is 0 Å². The van der Waals surface area contributed by atoms with E-state index in [2.05, 4.69) is 77.9 Å². The van der Waals surface area contributed by atoms with Gasteiger partial charge in [-0.15, -0.1) is 22.7 Å². The van der Waals surface area contributed by atoms with Gasteiger partial charge >= 0.3 is 0 Å². The average Bonchev–Trinajstić information content (AvgIpc) is 3.90. The Morgan fingerprint density at radius 3 is 1.34 bits per heavy atom. The molecule has 0 saturated carbocycles. The maximum Gasteiger partial charge on any atom is 0.132 e. The van der Waals surface area contributed by atoms with E-state index in [0.29, 0.717) is 23.0 Å². The van der Waals surface area contributed by atoms with Crippen molar-refractivity contribution in [2.24, 2.45) is 11.8 Å². The molecular formula is C46H54F2N2S3. The lowest BCUT2D eigenvalue weighted by molar-refractivity contribution is 0.421. The highest BCUT2D eigenvalue weighted by Gasteiger charge is 2.21. The number of benzene rings is 3. The van der Waals surface area contributed by atoms with E-state index in [-0.39, 0.29) is 11.6 Å². The fraction of sp³-hybridized carbons (Fsp3) is 0.435. The summed E-state index contributed by atoms with van der Waals surface area (Å²) in [5.41, 5.74) is 9.35. The lowest BCUT2D eigenvalue weighted by Crippen LogP contribution is -2.01. The molecule has 6 aromatic rings. The fourth-order valence-corrected chi connectivity index (χ4v) is 10.7. The Hall–Kier alpha value is -3.26. The molecule has 3 aromatic heterocycles. The predicted octanol–water partition coefficient (Wildman–Crippen LogP) is 15.7. The molecule has 0 N–H and O–H groups in total. The predicted molar refractivity (Wildman–Crippen MR) is 228 cm³/mol. The summed E-state index contributed by atoms with van der Waals surface area (Å²) >= 11 is 4.43. The summed E-state index contributed by atoms with van der Waals surface area (Å²) in [6.07, 6.45) is 13.9. The Morgan fingerprint density at radius 2 is 0.962 bits per heavy atom. The van der Waals surface area contributed by atoms with Crippen molar-refractivity contribution in [2.75, 3.05) is 0 Å². The van der Waals surface area contributed by atoms with Gasteiger partial charge in [0.25, 0.3) is 0 Å². The van der Waals surface area contributed by atoms with E-state index >= 15 is 8.78 Å². The highest BCUT2D eigenvalue weighted by Crippen LogP contribution is 2.46. The summed E-state index contributed by atoms with van der Waals surface area (Å²) in [5, 5.41) is 0. The van der Waals surface area contributed by atoms with Crippen LogP contribution < -0.4 is 0 Å². The SMILES string of the molecule is CCCCC(CC)CCc1ccc(-c2cc(C)c(-c3ccc(-c4sc(-c5ccc(CCC(CC)CCCC)cc5F)cc4C)c4nsnc34)s2)c(F)c1. The molecule has 0 bridgehead atoms. The van der Waals surface area contributed by atoms with Crippen molar-refractivity contribution in [1.82, 2.24) is 8.75 Å². The summed E-state index contributed by atoms with van der Waals surface area (Å²) in [7, 11) is 0. The van der Waals surface area contributed by atoms with Gasteiger partial charge in [0.15, 0.2) is 0 Å². The molecule has 0 radical (unpaired) electrons. The van der Waals surface area contributed by atoms with Gasteiger partial charge in [-0.05, 0) is 97.9 Å². The molecule has 3 aromatic carbocycles. The number of rotatable bonds is 18. The Labute approximate surface area is 328 Å². The summed E-state index contributed by atoms with van der Waals surface area (Å²) in [6.45, 7) is 13.2. The third-order valence-electron chi connectivity index (χ3n) is 11.1. The van der Waals surface area contributed by atoms with Crippen LogP contribution in [-0.4, -0.2) is 8.75 Å². The van der Waals surface area contributed by atoms with Gasteiger partial charge in [-0.2, -0.15) is 8.75 Å². The fourth-order valence-electron chi connectivity index (χ4n) is 7.66. The second-order valence-electron chi connectivity index (χ2n) is 14.9. The molecule has 7 heteroatoms. The maximum absolute atomic E-state index is 15.6. The molecule has 3 heterocycles. The monoisotopic (exact) mass is 768 g/mol. The van der Waals surface area contributed by atoms with Crippen LogP contribution in [0.3, 0.4) is 0 Å². The third-order valence-corrected chi connectivity index (χ3v) is 14.2. The van der Waals surface area contributed by atoms with Gasteiger partial charge in [-0.25, -0.2) is 8.78 Å². The zero-order valence-electron chi connectivity index (χ0n) is 32.3. The first-order valence-corrected chi connectivity index (χ1v) is 22.1. The number of aryl methyl sites for hydroxylation is 4. The second-order valence-corrected chi connectivity index (χ2v) is 17.5. The number of fused-ring (bicyclic) bond motifs is 1. The molecular weight excluding hydrogens is 715 g/mol. The van der Waals surface area contributed by atoms with Gasteiger partial charge in [-0.1, -0.05) is 115 Å². The summed E-state index contributed by atoms with van der Waals surface area (Å²) < 4.78 is 40.8. The minimum absolute atomic E-state index is 0.157. The average molecular weight is 769 g/mol. The molecule has 0 aliphatic rings. The highest BCUT2D eigenvalue weighted by atomic mass is 32.1. The standard InChI is InChI=1S/C46H54F2N2S3/c1-7-11-13-31(9-3)15-17-33-19-21-35(39(47)27-33)41-25-29(5)45(51-41)37-23-24-38(44-43(37)49-53-50-44)46-30(6)26-42(52-46)36-22-20-34(28-40(36)48)18-16-32(10-4)14-12-8-2/h19-28,31-32H,7-18H2,1-6H3. The van der Waals surface area contributed by atoms with Crippen LogP contribution in [-0.2, 0) is 12.8 Å². The van der Waals surface area contributed by atoms with E-state index in [1.807, 2.05) is 12.1 Å². The van der Waals surface area contributed by atoms with E-state index in [4.69, 9.17) is 8.75 Å². The van der Waals surface area contributed by atoms with E-state index in [1.165, 1.54) is 63.1 Å². The third kappa shape index (κ3) is 9.17. The number of hydrogen-bond acceptors (Lipinski definition) is 5. The molecule has 0 aliphatic carbocycles. The first-order chi connectivity index (χ1) is 25.7. The van der Waals surface area contributed by atoms with Gasteiger partial charge in [0, 0.05) is 41.8 Å². The smallest absolute Gasteiger partial charge is 0.132 e. The van der Waals surface area contributed by atoms with Crippen molar-refractivity contribution < 1.29 is 8.78 Å². The maximum atomic E-state index is 15.6. The first-order valence-electron chi connectivity index (χ1n) is 19.8. The molecule has 0 spiro atoms. The van der Waals surface area contributed by atoms with Crippen LogP contribution in [0.2, 0.25) is 0 Å². The molecule has 0 saturated heterocycles. The summed E-state index contributed by atoms with van der Waals surface area (Å²) in [4.78, 5) is 4.00. The van der Waals surface area contributed by atoms with Crippen LogP contribution in [0.4, 0.5) is 8.78 Å². The van der Waals surface area contributed by atoms with Gasteiger partial charge in [0.1, 0.15) is 22.7 Å². The van der Waals surface area contributed by atoms with E-state index in [1.54, 1.807) is 34.8 Å². The molecule has 6 rings (SSSR count). The Balaban J connectivity index is 1.22. The first kappa shape index (κ1) is 39.4.